The van der Waals surface area contributed by atoms with Crippen molar-refractivity contribution in [2.24, 2.45) is 0 Å². The lowest BCUT2D eigenvalue weighted by molar-refractivity contribution is -0.155. The van der Waals surface area contributed by atoms with Crippen LogP contribution in [0.4, 0.5) is 5.82 Å². The zero-order chi connectivity index (χ0) is 25.8. The number of nitrogens with one attached hydrogen (secondary N) is 1. The number of carbonyl (C=O) groups excluding carboxylic acids is 1. The van der Waals surface area contributed by atoms with E-state index in [1.54, 1.807) is 31.7 Å². The van der Waals surface area contributed by atoms with E-state index in [9.17, 15) is 19.3 Å². The first-order chi connectivity index (χ1) is 16.4. The van der Waals surface area contributed by atoms with E-state index in [1.807, 2.05) is 0 Å². The van der Waals surface area contributed by atoms with Gasteiger partial charge in [0, 0.05) is 0 Å². The number of rotatable bonds is 12. The fourth-order valence-electron chi connectivity index (χ4n) is 3.98. The highest BCUT2D eigenvalue weighted by molar-refractivity contribution is 7.56. The summed E-state index contributed by atoms with van der Waals surface area (Å²) in [7, 11) is -3.97. The molecule has 2 heterocycles. The molecular formula is C21H33N6O7P. The van der Waals surface area contributed by atoms with Crippen LogP contribution in [0.25, 0.3) is 11.2 Å². The van der Waals surface area contributed by atoms with Crippen LogP contribution in [0.1, 0.15) is 53.4 Å². The van der Waals surface area contributed by atoms with E-state index >= 15 is 0 Å². The Balaban J connectivity index is 1.75. The van der Waals surface area contributed by atoms with Crippen molar-refractivity contribution in [3.63, 3.8) is 0 Å². The highest BCUT2D eigenvalue weighted by Gasteiger charge is 2.47. The maximum Gasteiger partial charge on any atom is 0.335 e. The molecule has 2 aromatic rings. The summed E-state index contributed by atoms with van der Waals surface area (Å²) in [5.74, 6) is -1.57. The molecule has 1 fully saturated rings. The molecule has 3 atom stereocenters. The van der Waals surface area contributed by atoms with Crippen LogP contribution >= 0.6 is 7.52 Å². The molecule has 4 N–H and O–H groups in total. The molecule has 0 aromatic carbocycles. The van der Waals surface area contributed by atoms with Gasteiger partial charge in [-0.1, -0.05) is 12.8 Å². The third-order valence-corrected chi connectivity index (χ3v) is 7.59. The highest BCUT2D eigenvalue weighted by atomic mass is 31.2. The summed E-state index contributed by atoms with van der Waals surface area (Å²) in [4.78, 5) is 36.7. The second kappa shape index (κ2) is 11.0. The second-order valence-electron chi connectivity index (χ2n) is 9.05. The molecule has 0 spiro atoms. The molecule has 0 saturated heterocycles. The number of nitrogens with zero attached hydrogens (tertiary/aromatic N) is 4. The number of imidazole rings is 1. The van der Waals surface area contributed by atoms with Gasteiger partial charge in [-0.05, 0) is 40.5 Å². The molecule has 35 heavy (non-hydrogen) atoms. The molecule has 14 heteroatoms. The number of aromatic nitrogens is 4. The summed E-state index contributed by atoms with van der Waals surface area (Å²) in [5, 5.41) is 12.6. The van der Waals surface area contributed by atoms with E-state index in [4.69, 9.17) is 19.7 Å². The Morgan fingerprint density at radius 2 is 1.91 bits per heavy atom. The van der Waals surface area contributed by atoms with Crippen molar-refractivity contribution >= 4 is 36.4 Å². The lowest BCUT2D eigenvalue weighted by atomic mass is 10.0. The van der Waals surface area contributed by atoms with Crippen molar-refractivity contribution in [3.8, 4) is 0 Å². The predicted molar refractivity (Wildman–Crippen MR) is 127 cm³/mol. The number of fused-ring (bicyclic) bond motifs is 1. The number of carbonyl (C=O) groups is 2. The van der Waals surface area contributed by atoms with Crippen LogP contribution in [0, 0.1) is 0 Å². The Kier molecular flexibility index (Phi) is 8.47. The Bertz CT molecular complexity index is 1100. The summed E-state index contributed by atoms with van der Waals surface area (Å²) >= 11 is 0. The average molecular weight is 513 g/mol. The standard InChI is InChI=1S/C21H33N6O7P/c1-13(2)33-19(28)15(4)34-35(31,26-21(20(29)30)7-5-6-8-21)12-32-14(3)9-27-11-25-16-17(22)23-10-24-18(16)27/h10-11,13-15H,5-9,12H2,1-4H3,(H,26,31)(H,29,30)(H2,22,23,24)/t14-,15+,35-/m1/s1. The van der Waals surface area contributed by atoms with Crippen LogP contribution in [0.15, 0.2) is 12.7 Å². The van der Waals surface area contributed by atoms with E-state index in [1.165, 1.54) is 13.3 Å². The topological polar surface area (TPSA) is 181 Å². The molecular weight excluding hydrogens is 479 g/mol. The Hall–Kier alpha value is -2.60. The molecule has 3 rings (SSSR count). The van der Waals surface area contributed by atoms with E-state index < -0.39 is 43.6 Å². The molecule has 1 aliphatic rings. The maximum absolute atomic E-state index is 13.9. The number of hydrogen-bond donors (Lipinski definition) is 3. The first-order valence-corrected chi connectivity index (χ1v) is 13.3. The molecule has 2 aromatic heterocycles. The molecule has 0 radical (unpaired) electrons. The summed E-state index contributed by atoms with van der Waals surface area (Å²) in [6, 6.07) is 0. The molecule has 0 bridgehead atoms. The smallest absolute Gasteiger partial charge is 0.335 e. The van der Waals surface area contributed by atoms with Crippen molar-refractivity contribution in [2.45, 2.75) is 83.8 Å². The van der Waals surface area contributed by atoms with Crippen LogP contribution in [-0.4, -0.2) is 66.8 Å². The first kappa shape index (κ1) is 27.0. The van der Waals surface area contributed by atoms with Crippen LogP contribution in [0.5, 0.6) is 0 Å². The Labute approximate surface area is 203 Å². The van der Waals surface area contributed by atoms with E-state index in [-0.39, 0.29) is 24.8 Å². The number of nitrogen functional groups attached to an aromatic ring is 1. The third-order valence-electron chi connectivity index (χ3n) is 5.68. The fraction of sp³-hybridized carbons (Fsp3) is 0.667. The van der Waals surface area contributed by atoms with Gasteiger partial charge in [-0.25, -0.2) is 24.8 Å². The number of carboxylic acid groups (broad SMARTS) is 1. The van der Waals surface area contributed by atoms with Gasteiger partial charge in [0.25, 0.3) is 7.52 Å². The van der Waals surface area contributed by atoms with Crippen molar-refractivity contribution in [1.29, 1.82) is 0 Å². The van der Waals surface area contributed by atoms with Crippen molar-refractivity contribution in [3.05, 3.63) is 12.7 Å². The average Bonchev–Trinajstić information content (AvgIpc) is 3.41. The SMILES string of the molecule is CC(C)OC(=O)[C@H](C)O[P@](=O)(CO[C@H](C)Cn1cnc2c(N)ncnc21)NC1(C(=O)O)CCCC1. The van der Waals surface area contributed by atoms with Gasteiger partial charge in [0.1, 0.15) is 23.7 Å². The van der Waals surface area contributed by atoms with E-state index in [0.29, 0.717) is 30.6 Å². The van der Waals surface area contributed by atoms with Gasteiger partial charge in [0.05, 0.1) is 25.1 Å². The molecule has 0 aliphatic heterocycles. The summed E-state index contributed by atoms with van der Waals surface area (Å²) in [6.45, 7) is 6.82. The number of hydrogen-bond acceptors (Lipinski definition) is 10. The van der Waals surface area contributed by atoms with Gasteiger partial charge in [0.15, 0.2) is 17.6 Å². The van der Waals surface area contributed by atoms with E-state index in [2.05, 4.69) is 20.0 Å². The monoisotopic (exact) mass is 512 g/mol. The Morgan fingerprint density at radius 3 is 2.54 bits per heavy atom. The van der Waals surface area contributed by atoms with Crippen LogP contribution in [-0.2, 0) is 34.7 Å². The van der Waals surface area contributed by atoms with Crippen molar-refractivity contribution in [1.82, 2.24) is 24.6 Å². The minimum atomic E-state index is -3.97. The largest absolute Gasteiger partial charge is 0.480 e. The highest BCUT2D eigenvalue weighted by Crippen LogP contribution is 2.49. The van der Waals surface area contributed by atoms with E-state index in [0.717, 1.165) is 0 Å². The van der Waals surface area contributed by atoms with Crippen LogP contribution < -0.4 is 10.8 Å². The fourth-order valence-corrected chi connectivity index (χ4v) is 6.18. The quantitative estimate of drug-likeness (QED) is 0.279. The number of esters is 1. The van der Waals surface area contributed by atoms with Gasteiger partial charge < -0.3 is 29.4 Å². The van der Waals surface area contributed by atoms with Gasteiger partial charge in [-0.2, -0.15) is 0 Å². The molecule has 0 unspecified atom stereocenters. The number of anilines is 1. The summed E-state index contributed by atoms with van der Waals surface area (Å²) in [6.07, 6.45) is 2.26. The molecule has 194 valence electrons. The molecule has 1 aliphatic carbocycles. The van der Waals surface area contributed by atoms with Crippen molar-refractivity contribution < 1.29 is 33.3 Å². The van der Waals surface area contributed by atoms with Gasteiger partial charge in [0.2, 0.25) is 0 Å². The van der Waals surface area contributed by atoms with Crippen LogP contribution in [0.3, 0.4) is 0 Å². The van der Waals surface area contributed by atoms with Gasteiger partial charge in [-0.3, -0.25) is 9.36 Å². The number of ether oxygens (including phenoxy) is 2. The predicted octanol–water partition coefficient (Wildman–Crippen LogP) is 2.31. The molecule has 13 nitrogen and oxygen atoms in total. The third kappa shape index (κ3) is 6.54. The Morgan fingerprint density at radius 1 is 1.23 bits per heavy atom. The lowest BCUT2D eigenvalue weighted by Gasteiger charge is -2.32. The van der Waals surface area contributed by atoms with Crippen LogP contribution in [0.2, 0.25) is 0 Å². The lowest BCUT2D eigenvalue weighted by Crippen LogP contribution is -2.49. The minimum absolute atomic E-state index is 0.252. The zero-order valence-electron chi connectivity index (χ0n) is 20.3. The number of aliphatic carboxylic acids is 1. The van der Waals surface area contributed by atoms with Crippen molar-refractivity contribution in [2.75, 3.05) is 12.1 Å². The molecule has 1 saturated carbocycles. The van der Waals surface area contributed by atoms with Gasteiger partial charge in [-0.15, -0.1) is 0 Å². The zero-order valence-corrected chi connectivity index (χ0v) is 21.2. The summed E-state index contributed by atoms with van der Waals surface area (Å²) < 4.78 is 32.2. The summed E-state index contributed by atoms with van der Waals surface area (Å²) in [5.41, 5.74) is 5.38. The number of nitrogens with two attached hydrogens (primary N) is 1. The second-order valence-corrected chi connectivity index (χ2v) is 11.1. The molecule has 0 amide bonds. The van der Waals surface area contributed by atoms with Gasteiger partial charge >= 0.3 is 11.9 Å². The maximum atomic E-state index is 13.9. The normalized spacial score (nSPS) is 18.9. The first-order valence-electron chi connectivity index (χ1n) is 11.5. The minimum Gasteiger partial charge on any atom is -0.480 e. The number of carboxylic acids is 1.